The number of nitrogens with one attached hydrogen (secondary N) is 2. The van der Waals surface area contributed by atoms with Crippen molar-refractivity contribution in [2.24, 2.45) is 0 Å². The number of hydrogen-bond acceptors (Lipinski definition) is 2. The fraction of sp³-hybridized carbons (Fsp3) is 0.160. The van der Waals surface area contributed by atoms with Gasteiger partial charge in [0.05, 0.1) is 12.5 Å². The van der Waals surface area contributed by atoms with Crippen LogP contribution < -0.4 is 5.32 Å². The number of rotatable bonds is 7. The highest BCUT2D eigenvalue weighted by atomic mass is 32.1. The number of fused-ring (bicyclic) bond motifs is 2. The molecule has 3 aromatic heterocycles. The molecule has 0 fully saturated rings. The molecule has 0 saturated heterocycles. The summed E-state index contributed by atoms with van der Waals surface area (Å²) in [5, 5.41) is 6.54. The van der Waals surface area contributed by atoms with Crippen molar-refractivity contribution in [1.29, 1.82) is 0 Å². The van der Waals surface area contributed by atoms with Gasteiger partial charge in [-0.1, -0.05) is 42.5 Å². The van der Waals surface area contributed by atoms with Gasteiger partial charge in [-0.25, -0.2) is 0 Å². The third-order valence-electron chi connectivity index (χ3n) is 5.88. The largest absolute Gasteiger partial charge is 0.361 e. The molecule has 5 heteroatoms. The highest BCUT2D eigenvalue weighted by Gasteiger charge is 2.26. The van der Waals surface area contributed by atoms with Gasteiger partial charge in [0, 0.05) is 44.6 Å². The van der Waals surface area contributed by atoms with Gasteiger partial charge in [-0.3, -0.25) is 4.79 Å². The van der Waals surface area contributed by atoms with Crippen molar-refractivity contribution in [2.75, 3.05) is 6.54 Å². The minimum atomic E-state index is -0.156. The summed E-state index contributed by atoms with van der Waals surface area (Å²) in [6, 6.07) is 20.5. The summed E-state index contributed by atoms with van der Waals surface area (Å²) < 4.78 is 0. The normalized spacial score (nSPS) is 13.6. The molecule has 4 nitrogen and oxygen atoms in total. The number of aromatic amines is 2. The van der Waals surface area contributed by atoms with Gasteiger partial charge in [-0.05, 0) is 36.1 Å². The van der Waals surface area contributed by atoms with Crippen LogP contribution in [-0.2, 0) is 0 Å². The van der Waals surface area contributed by atoms with Gasteiger partial charge >= 0.3 is 0 Å². The van der Waals surface area contributed by atoms with E-state index in [1.54, 1.807) is 11.3 Å². The van der Waals surface area contributed by atoms with Crippen molar-refractivity contribution in [2.45, 2.75) is 18.9 Å². The molecule has 0 aliphatic heterocycles. The third-order valence-corrected chi connectivity index (χ3v) is 6.86. The molecule has 0 aliphatic carbocycles. The van der Waals surface area contributed by atoms with Crippen LogP contribution in [0.2, 0.25) is 0 Å². The fourth-order valence-corrected chi connectivity index (χ4v) is 5.09. The smallest absolute Gasteiger partial charge is 0.221 e. The average molecular weight is 415 g/mol. The molecule has 5 aromatic rings. The molecule has 0 bridgehead atoms. The van der Waals surface area contributed by atoms with Crippen LogP contribution in [0.25, 0.3) is 21.8 Å². The number of carbonyl (C=O) groups is 1. The maximum Gasteiger partial charge on any atom is 0.221 e. The van der Waals surface area contributed by atoms with Gasteiger partial charge in [0.1, 0.15) is 6.04 Å². The Morgan fingerprint density at radius 2 is 1.63 bits per heavy atom. The van der Waals surface area contributed by atoms with Crippen LogP contribution in [0.5, 0.6) is 0 Å². The number of aromatic nitrogens is 2. The van der Waals surface area contributed by atoms with Gasteiger partial charge in [-0.15, -0.1) is 11.3 Å². The Balaban J connectivity index is 1.40. The molecule has 5 rings (SSSR count). The Morgan fingerprint density at radius 3 is 2.40 bits per heavy atom. The van der Waals surface area contributed by atoms with Crippen LogP contribution in [0.15, 0.2) is 78.4 Å². The maximum atomic E-state index is 13.2. The van der Waals surface area contributed by atoms with E-state index in [-0.39, 0.29) is 17.7 Å². The van der Waals surface area contributed by atoms with Crippen LogP contribution in [-0.4, -0.2) is 28.3 Å². The average Bonchev–Trinajstić information content (AvgIpc) is 3.53. The molecule has 0 aliphatic rings. The molecular weight excluding hydrogens is 390 g/mol. The van der Waals surface area contributed by atoms with Crippen molar-refractivity contribution >= 4 is 38.9 Å². The third kappa shape index (κ3) is 3.36. The molecule has 0 spiro atoms. The number of Topliss-reactive ketones (excluding diaryl/α,β-unsaturated/α-hetero) is 1. The van der Waals surface area contributed by atoms with Gasteiger partial charge in [0.2, 0.25) is 5.78 Å². The molecule has 0 radical (unpaired) electrons. The van der Waals surface area contributed by atoms with E-state index in [1.807, 2.05) is 37.4 Å². The lowest BCUT2D eigenvalue weighted by atomic mass is 9.96. The zero-order valence-corrected chi connectivity index (χ0v) is 17.6. The van der Waals surface area contributed by atoms with Crippen LogP contribution in [0.3, 0.4) is 0 Å². The summed E-state index contributed by atoms with van der Waals surface area (Å²) >= 11 is 1.77. The highest BCUT2D eigenvalue weighted by Crippen LogP contribution is 2.32. The summed E-state index contributed by atoms with van der Waals surface area (Å²) in [4.78, 5) is 21.1. The summed E-state index contributed by atoms with van der Waals surface area (Å²) in [6.07, 6.45) is 3.96. The van der Waals surface area contributed by atoms with E-state index in [1.165, 1.54) is 15.8 Å². The lowest BCUT2D eigenvalue weighted by Crippen LogP contribution is -2.91. The standard InChI is InChI=1S/C25H23N3OS/c1-16(25(29)21-15-28-23-10-5-3-8-18(21)23)26-14-20(24-11-6-12-30-24)19-13-27-22-9-4-2-7-17(19)22/h2-13,15-16,20,26-28H,14H2,1H3/p+1/t16-,20+/m0/s1. The van der Waals surface area contributed by atoms with Crippen LogP contribution in [0, 0.1) is 0 Å². The molecule has 0 unspecified atom stereocenters. The van der Waals surface area contributed by atoms with E-state index in [0.29, 0.717) is 0 Å². The molecule has 2 atom stereocenters. The number of benzene rings is 2. The molecule has 0 amide bonds. The van der Waals surface area contributed by atoms with E-state index >= 15 is 0 Å². The lowest BCUT2D eigenvalue weighted by Gasteiger charge is -2.17. The number of para-hydroxylation sites is 2. The molecule has 2 aromatic carbocycles. The first-order chi connectivity index (χ1) is 14.7. The van der Waals surface area contributed by atoms with E-state index in [4.69, 9.17) is 0 Å². The summed E-state index contributed by atoms with van der Waals surface area (Å²) in [7, 11) is 0. The van der Waals surface area contributed by atoms with E-state index in [9.17, 15) is 4.79 Å². The summed E-state index contributed by atoms with van der Waals surface area (Å²) in [5.74, 6) is 0.399. The zero-order valence-electron chi connectivity index (χ0n) is 16.8. The minimum absolute atomic E-state index is 0.156. The first-order valence-corrected chi connectivity index (χ1v) is 11.1. The van der Waals surface area contributed by atoms with Gasteiger partial charge < -0.3 is 15.3 Å². The Labute approximate surface area is 179 Å². The number of hydrogen-bond donors (Lipinski definition) is 3. The van der Waals surface area contributed by atoms with Gasteiger partial charge in [0.25, 0.3) is 0 Å². The number of ketones is 1. The molecule has 150 valence electrons. The molecule has 4 N–H and O–H groups in total. The minimum Gasteiger partial charge on any atom is -0.361 e. The van der Waals surface area contributed by atoms with Crippen molar-refractivity contribution in [3.63, 3.8) is 0 Å². The van der Waals surface area contributed by atoms with Crippen molar-refractivity contribution < 1.29 is 10.1 Å². The Morgan fingerprint density at radius 1 is 0.933 bits per heavy atom. The van der Waals surface area contributed by atoms with E-state index in [0.717, 1.165) is 28.5 Å². The Bertz CT molecular complexity index is 1300. The second-order valence-corrected chi connectivity index (χ2v) is 8.71. The number of quaternary nitrogens is 1. The lowest BCUT2D eigenvalue weighted by molar-refractivity contribution is -0.673. The SMILES string of the molecule is C[C@H]([NH2+]C[C@@H](c1cccs1)c1c[nH]c2ccccc12)C(=O)c1c[nH]c2ccccc12. The monoisotopic (exact) mass is 414 g/mol. The van der Waals surface area contributed by atoms with Gasteiger partial charge in [-0.2, -0.15) is 0 Å². The first-order valence-electron chi connectivity index (χ1n) is 10.3. The van der Waals surface area contributed by atoms with Crippen molar-refractivity contribution in [3.05, 3.63) is 94.4 Å². The number of thiophene rings is 1. The van der Waals surface area contributed by atoms with Crippen LogP contribution in [0.4, 0.5) is 0 Å². The quantitative estimate of drug-likeness (QED) is 0.333. The van der Waals surface area contributed by atoms with Gasteiger partial charge in [0.15, 0.2) is 0 Å². The van der Waals surface area contributed by atoms with Crippen LogP contribution >= 0.6 is 11.3 Å². The Kier molecular flexibility index (Phi) is 4.99. The number of H-pyrrole nitrogens is 2. The molecule has 0 saturated carbocycles. The van der Waals surface area contributed by atoms with Crippen molar-refractivity contribution in [1.82, 2.24) is 9.97 Å². The molecular formula is C25H24N3OS+. The van der Waals surface area contributed by atoms with E-state index in [2.05, 4.69) is 63.3 Å². The second-order valence-electron chi connectivity index (χ2n) is 7.73. The summed E-state index contributed by atoms with van der Waals surface area (Å²) in [5.41, 5.74) is 4.21. The first kappa shape index (κ1) is 18.9. The Hall–Kier alpha value is -3.15. The second kappa shape index (κ2) is 7.94. The zero-order chi connectivity index (χ0) is 20.5. The maximum absolute atomic E-state index is 13.2. The van der Waals surface area contributed by atoms with E-state index < -0.39 is 0 Å². The highest BCUT2D eigenvalue weighted by molar-refractivity contribution is 7.10. The topological polar surface area (TPSA) is 65.3 Å². The van der Waals surface area contributed by atoms with Crippen LogP contribution in [0.1, 0.15) is 33.6 Å². The summed E-state index contributed by atoms with van der Waals surface area (Å²) in [6.45, 7) is 2.82. The van der Waals surface area contributed by atoms with Crippen molar-refractivity contribution in [3.8, 4) is 0 Å². The predicted octanol–water partition coefficient (Wildman–Crippen LogP) is 4.68. The number of nitrogens with two attached hydrogens (primary N) is 1. The molecule has 30 heavy (non-hydrogen) atoms. The number of carbonyl (C=O) groups excluding carboxylic acids is 1. The molecule has 3 heterocycles. The predicted molar refractivity (Wildman–Crippen MR) is 123 cm³/mol. The fourth-order valence-electron chi connectivity index (χ4n) is 4.24.